The second-order valence-corrected chi connectivity index (χ2v) is 4.89. The fourth-order valence-electron chi connectivity index (χ4n) is 1.44. The van der Waals surface area contributed by atoms with Crippen LogP contribution in [0.5, 0.6) is 0 Å². The summed E-state index contributed by atoms with van der Waals surface area (Å²) < 4.78 is 14.2. The summed E-state index contributed by atoms with van der Waals surface area (Å²) in [5.74, 6) is -1.24. The summed E-state index contributed by atoms with van der Waals surface area (Å²) >= 11 is 8.86. The van der Waals surface area contributed by atoms with Crippen molar-refractivity contribution in [2.45, 2.75) is 0 Å². The van der Waals surface area contributed by atoms with Gasteiger partial charge in [0.15, 0.2) is 5.82 Å². The normalized spacial score (nSPS) is 10.3. The topological polar surface area (TPSA) is 46.1 Å². The number of carbonyl (C=O) groups is 1. The van der Waals surface area contributed by atoms with E-state index < -0.39 is 11.7 Å². The van der Waals surface area contributed by atoms with Crippen molar-refractivity contribution in [1.82, 2.24) is 9.97 Å². The number of amides is 1. The van der Waals surface area contributed by atoms with Gasteiger partial charge < -0.3 is 4.90 Å². The number of rotatable bonds is 2. The van der Waals surface area contributed by atoms with Gasteiger partial charge in [-0.2, -0.15) is 0 Å². The van der Waals surface area contributed by atoms with Crippen molar-refractivity contribution in [2.75, 3.05) is 11.9 Å². The largest absolute Gasteiger partial charge is 0.310 e. The summed E-state index contributed by atoms with van der Waals surface area (Å²) in [5.41, 5.74) is 0.408. The van der Waals surface area contributed by atoms with Crippen molar-refractivity contribution in [2.24, 2.45) is 0 Å². The van der Waals surface area contributed by atoms with E-state index in [1.54, 1.807) is 12.1 Å². The van der Waals surface area contributed by atoms with Gasteiger partial charge in [0, 0.05) is 7.05 Å². The predicted molar refractivity (Wildman–Crippen MR) is 73.9 cm³/mol. The number of hydrogen-bond acceptors (Lipinski definition) is 3. The number of carbonyl (C=O) groups excluding carboxylic acids is 1. The predicted octanol–water partition coefficient (Wildman–Crippen LogP) is 3.31. The van der Waals surface area contributed by atoms with Crippen molar-refractivity contribution >= 4 is 39.1 Å². The maximum absolute atomic E-state index is 13.6. The molecule has 0 aliphatic carbocycles. The third-order valence-electron chi connectivity index (χ3n) is 2.46. The first-order valence-corrected chi connectivity index (χ1v) is 6.37. The number of aromatic nitrogens is 2. The molecule has 0 fully saturated rings. The van der Waals surface area contributed by atoms with E-state index in [0.717, 1.165) is 6.20 Å². The van der Waals surface area contributed by atoms with Crippen LogP contribution < -0.4 is 4.90 Å². The van der Waals surface area contributed by atoms with E-state index in [2.05, 4.69) is 25.9 Å². The molecule has 2 heterocycles. The van der Waals surface area contributed by atoms with Crippen molar-refractivity contribution in [3.05, 3.63) is 51.7 Å². The van der Waals surface area contributed by atoms with Crippen molar-refractivity contribution in [1.29, 1.82) is 0 Å². The SMILES string of the molecule is CN(C(=O)c1cc(Cl)ncc1F)c1ccc(Br)nc1. The third kappa shape index (κ3) is 3.08. The first-order chi connectivity index (χ1) is 8.99. The zero-order valence-electron chi connectivity index (χ0n) is 9.77. The molecule has 0 radical (unpaired) electrons. The van der Waals surface area contributed by atoms with Gasteiger partial charge in [-0.05, 0) is 34.1 Å². The Balaban J connectivity index is 2.33. The fraction of sp³-hybridized carbons (Fsp3) is 0.0833. The molecule has 0 aliphatic heterocycles. The second kappa shape index (κ2) is 5.63. The van der Waals surface area contributed by atoms with Gasteiger partial charge in [0.25, 0.3) is 5.91 Å². The molecule has 0 aromatic carbocycles. The lowest BCUT2D eigenvalue weighted by Gasteiger charge is -2.17. The zero-order valence-corrected chi connectivity index (χ0v) is 12.1. The second-order valence-electron chi connectivity index (χ2n) is 3.69. The van der Waals surface area contributed by atoms with E-state index in [-0.39, 0.29) is 10.7 Å². The zero-order chi connectivity index (χ0) is 14.0. The Labute approximate surface area is 122 Å². The molecule has 4 nitrogen and oxygen atoms in total. The molecule has 2 aromatic rings. The summed E-state index contributed by atoms with van der Waals surface area (Å²) in [7, 11) is 1.53. The molecule has 2 rings (SSSR count). The Morgan fingerprint density at radius 2 is 2.11 bits per heavy atom. The Morgan fingerprint density at radius 3 is 2.74 bits per heavy atom. The first kappa shape index (κ1) is 13.9. The molecule has 7 heteroatoms. The molecule has 0 bridgehead atoms. The highest BCUT2D eigenvalue weighted by Crippen LogP contribution is 2.19. The molecule has 0 aliphatic rings. The Hall–Kier alpha value is -1.53. The number of hydrogen-bond donors (Lipinski definition) is 0. The summed E-state index contributed by atoms with van der Waals surface area (Å²) in [6.07, 6.45) is 2.42. The highest BCUT2D eigenvalue weighted by molar-refractivity contribution is 9.10. The van der Waals surface area contributed by atoms with Crippen molar-refractivity contribution in [3.63, 3.8) is 0 Å². The van der Waals surface area contributed by atoms with E-state index in [0.29, 0.717) is 10.3 Å². The number of nitrogens with zero attached hydrogens (tertiary/aromatic N) is 3. The van der Waals surface area contributed by atoms with Crippen LogP contribution in [0.4, 0.5) is 10.1 Å². The van der Waals surface area contributed by atoms with Crippen molar-refractivity contribution in [3.8, 4) is 0 Å². The molecule has 0 atom stereocenters. The number of halogens is 3. The van der Waals surface area contributed by atoms with Gasteiger partial charge in [0.1, 0.15) is 9.76 Å². The van der Waals surface area contributed by atoms with E-state index in [1.165, 1.54) is 24.2 Å². The van der Waals surface area contributed by atoms with Crippen LogP contribution in [0, 0.1) is 5.82 Å². The Bertz CT molecular complexity index is 621. The van der Waals surface area contributed by atoms with Crippen LogP contribution in [0.15, 0.2) is 35.2 Å². The van der Waals surface area contributed by atoms with Gasteiger partial charge in [-0.1, -0.05) is 11.6 Å². The molecule has 0 saturated carbocycles. The molecule has 2 aromatic heterocycles. The summed E-state index contributed by atoms with van der Waals surface area (Å²) in [6.45, 7) is 0. The van der Waals surface area contributed by atoms with Gasteiger partial charge in [-0.3, -0.25) is 4.79 Å². The van der Waals surface area contributed by atoms with E-state index >= 15 is 0 Å². The van der Waals surface area contributed by atoms with Crippen LogP contribution >= 0.6 is 27.5 Å². The standard InChI is InChI=1S/C12H8BrClFN3O/c1-18(7-2-3-10(13)16-5-7)12(19)8-4-11(14)17-6-9(8)15/h2-6H,1H3. The molecule has 0 spiro atoms. The highest BCUT2D eigenvalue weighted by atomic mass is 79.9. The molecular weight excluding hydrogens is 337 g/mol. The number of anilines is 1. The molecule has 0 N–H and O–H groups in total. The van der Waals surface area contributed by atoms with Crippen LogP contribution in [0.25, 0.3) is 0 Å². The first-order valence-electron chi connectivity index (χ1n) is 5.19. The molecule has 0 saturated heterocycles. The van der Waals surface area contributed by atoms with Gasteiger partial charge in [-0.25, -0.2) is 14.4 Å². The van der Waals surface area contributed by atoms with Crippen LogP contribution in [0.2, 0.25) is 5.15 Å². The van der Waals surface area contributed by atoms with Crippen LogP contribution in [-0.4, -0.2) is 22.9 Å². The molecular formula is C12H8BrClFN3O. The lowest BCUT2D eigenvalue weighted by molar-refractivity contribution is 0.0989. The van der Waals surface area contributed by atoms with Gasteiger partial charge in [0.2, 0.25) is 0 Å². The van der Waals surface area contributed by atoms with E-state index in [4.69, 9.17) is 11.6 Å². The minimum atomic E-state index is -0.716. The van der Waals surface area contributed by atoms with E-state index in [9.17, 15) is 9.18 Å². The molecule has 19 heavy (non-hydrogen) atoms. The summed E-state index contributed by atoms with van der Waals surface area (Å²) in [5, 5.41) is 0.0621. The lowest BCUT2D eigenvalue weighted by Crippen LogP contribution is -2.27. The third-order valence-corrected chi connectivity index (χ3v) is 3.13. The monoisotopic (exact) mass is 343 g/mol. The average molecular weight is 345 g/mol. The minimum Gasteiger partial charge on any atom is -0.310 e. The minimum absolute atomic E-state index is 0.0621. The lowest BCUT2D eigenvalue weighted by atomic mass is 10.2. The smallest absolute Gasteiger partial charge is 0.261 e. The molecule has 98 valence electrons. The molecule has 1 amide bonds. The molecule has 0 unspecified atom stereocenters. The van der Waals surface area contributed by atoms with E-state index in [1.807, 2.05) is 0 Å². The van der Waals surface area contributed by atoms with Crippen LogP contribution in [0.1, 0.15) is 10.4 Å². The van der Waals surface area contributed by atoms with Crippen LogP contribution in [-0.2, 0) is 0 Å². The average Bonchev–Trinajstić information content (AvgIpc) is 2.41. The van der Waals surface area contributed by atoms with Gasteiger partial charge >= 0.3 is 0 Å². The Morgan fingerprint density at radius 1 is 1.37 bits per heavy atom. The summed E-state index contributed by atoms with van der Waals surface area (Å²) in [6, 6.07) is 4.58. The Kier molecular flexibility index (Phi) is 4.11. The van der Waals surface area contributed by atoms with Gasteiger partial charge in [-0.15, -0.1) is 0 Å². The fourth-order valence-corrected chi connectivity index (χ4v) is 1.83. The van der Waals surface area contributed by atoms with Crippen molar-refractivity contribution < 1.29 is 9.18 Å². The quantitative estimate of drug-likeness (QED) is 0.785. The van der Waals surface area contributed by atoms with Crippen LogP contribution in [0.3, 0.4) is 0 Å². The van der Waals surface area contributed by atoms with Gasteiger partial charge in [0.05, 0.1) is 23.6 Å². The summed E-state index contributed by atoms with van der Waals surface area (Å²) in [4.78, 5) is 21.0. The highest BCUT2D eigenvalue weighted by Gasteiger charge is 2.18. The number of pyridine rings is 2. The maximum atomic E-state index is 13.6. The maximum Gasteiger partial charge on any atom is 0.261 e.